The molecule has 0 spiro atoms. The van der Waals surface area contributed by atoms with Crippen LogP contribution in [-0.4, -0.2) is 51.4 Å². The Labute approximate surface area is 133 Å². The minimum atomic E-state index is -0.0670. The van der Waals surface area contributed by atoms with Crippen molar-refractivity contribution in [2.24, 2.45) is 0 Å². The zero-order valence-corrected chi connectivity index (χ0v) is 12.7. The maximum Gasteiger partial charge on any atom is 0.274 e. The van der Waals surface area contributed by atoms with Crippen molar-refractivity contribution in [3.8, 4) is 11.8 Å². The van der Waals surface area contributed by atoms with Crippen LogP contribution in [0.25, 0.3) is 0 Å². The second-order valence-electron chi connectivity index (χ2n) is 5.74. The maximum atomic E-state index is 12.6. The van der Waals surface area contributed by atoms with E-state index in [9.17, 15) is 4.79 Å². The lowest BCUT2D eigenvalue weighted by atomic mass is 10.3. The molecule has 0 aromatic carbocycles. The quantitative estimate of drug-likeness (QED) is 0.855. The molecular weight excluding hydrogens is 296 g/mol. The van der Waals surface area contributed by atoms with Gasteiger partial charge >= 0.3 is 0 Å². The standard InChI is InChI=1S/C16H18N4O3/c21-16(13-10-15-20(18-13)7-3-9-22-15)19-8-5-12(11-19)23-14-4-1-2-6-17-14/h1-2,4,6,10,12H,3,5,7-9,11H2. The number of pyridine rings is 1. The SMILES string of the molecule is O=C(c1cc2n(n1)CCCO2)N1CCC(Oc2ccccn2)C1. The number of amides is 1. The van der Waals surface area contributed by atoms with Crippen molar-refractivity contribution < 1.29 is 14.3 Å². The molecule has 2 aliphatic heterocycles. The first-order valence-electron chi connectivity index (χ1n) is 7.87. The zero-order valence-electron chi connectivity index (χ0n) is 12.7. The molecule has 0 aliphatic carbocycles. The molecule has 1 saturated heterocycles. The van der Waals surface area contributed by atoms with Crippen LogP contribution >= 0.6 is 0 Å². The summed E-state index contributed by atoms with van der Waals surface area (Å²) in [6.07, 6.45) is 3.39. The zero-order chi connectivity index (χ0) is 15.6. The molecule has 0 radical (unpaired) electrons. The molecule has 2 aromatic heterocycles. The summed E-state index contributed by atoms with van der Waals surface area (Å²) in [5.74, 6) is 1.21. The highest BCUT2D eigenvalue weighted by Gasteiger charge is 2.30. The topological polar surface area (TPSA) is 69.5 Å². The van der Waals surface area contributed by atoms with Gasteiger partial charge in [-0.05, 0) is 6.07 Å². The normalized spacial score (nSPS) is 20.0. The van der Waals surface area contributed by atoms with Crippen LogP contribution in [-0.2, 0) is 6.54 Å². The Morgan fingerprint density at radius 2 is 2.30 bits per heavy atom. The van der Waals surface area contributed by atoms with Crippen LogP contribution < -0.4 is 9.47 Å². The molecule has 1 atom stereocenters. The highest BCUT2D eigenvalue weighted by molar-refractivity contribution is 5.92. The number of hydrogen-bond acceptors (Lipinski definition) is 5. The predicted octanol–water partition coefficient (Wildman–Crippen LogP) is 1.35. The number of likely N-dealkylation sites (tertiary alicyclic amines) is 1. The van der Waals surface area contributed by atoms with E-state index in [0.29, 0.717) is 37.2 Å². The van der Waals surface area contributed by atoms with Gasteiger partial charge in [-0.3, -0.25) is 4.79 Å². The molecule has 4 heterocycles. The first kappa shape index (κ1) is 14.0. The van der Waals surface area contributed by atoms with E-state index in [1.165, 1.54) is 0 Å². The van der Waals surface area contributed by atoms with Gasteiger partial charge in [0, 0.05) is 44.3 Å². The molecule has 1 unspecified atom stereocenters. The third-order valence-corrected chi connectivity index (χ3v) is 4.08. The Morgan fingerprint density at radius 1 is 1.35 bits per heavy atom. The monoisotopic (exact) mass is 314 g/mol. The van der Waals surface area contributed by atoms with E-state index in [4.69, 9.17) is 9.47 Å². The van der Waals surface area contributed by atoms with Gasteiger partial charge in [0.25, 0.3) is 5.91 Å². The van der Waals surface area contributed by atoms with Gasteiger partial charge in [0.15, 0.2) is 5.69 Å². The molecule has 1 amide bonds. The smallest absolute Gasteiger partial charge is 0.274 e. The average molecular weight is 314 g/mol. The van der Waals surface area contributed by atoms with Crippen molar-refractivity contribution in [3.05, 3.63) is 36.2 Å². The van der Waals surface area contributed by atoms with Crippen LogP contribution in [0.4, 0.5) is 0 Å². The molecule has 7 nitrogen and oxygen atoms in total. The third-order valence-electron chi connectivity index (χ3n) is 4.08. The summed E-state index contributed by atoms with van der Waals surface area (Å²) in [5.41, 5.74) is 0.445. The number of carbonyl (C=O) groups is 1. The summed E-state index contributed by atoms with van der Waals surface area (Å²) in [6.45, 7) is 2.70. The Balaban J connectivity index is 1.41. The Kier molecular flexibility index (Phi) is 3.61. The lowest BCUT2D eigenvalue weighted by Gasteiger charge is -2.15. The van der Waals surface area contributed by atoms with E-state index in [1.807, 2.05) is 18.2 Å². The summed E-state index contributed by atoms with van der Waals surface area (Å²) < 4.78 is 13.1. The Morgan fingerprint density at radius 3 is 3.13 bits per heavy atom. The number of nitrogens with zero attached hydrogens (tertiary/aromatic N) is 4. The third kappa shape index (κ3) is 2.86. The van der Waals surface area contributed by atoms with Gasteiger partial charge < -0.3 is 14.4 Å². The number of aryl methyl sites for hydroxylation is 1. The number of aromatic nitrogens is 3. The number of hydrogen-bond donors (Lipinski definition) is 0. The minimum absolute atomic E-state index is 0.0256. The van der Waals surface area contributed by atoms with Crippen molar-refractivity contribution in [2.75, 3.05) is 19.7 Å². The van der Waals surface area contributed by atoms with Crippen LogP contribution in [0.15, 0.2) is 30.5 Å². The first-order chi connectivity index (χ1) is 11.3. The Hall–Kier alpha value is -2.57. The molecule has 2 aliphatic rings. The fourth-order valence-corrected chi connectivity index (χ4v) is 2.93. The fourth-order valence-electron chi connectivity index (χ4n) is 2.93. The van der Waals surface area contributed by atoms with Gasteiger partial charge in [0.2, 0.25) is 11.8 Å². The summed E-state index contributed by atoms with van der Waals surface area (Å²) in [5, 5.41) is 4.35. The van der Waals surface area contributed by atoms with Crippen LogP contribution in [0, 0.1) is 0 Å². The lowest BCUT2D eigenvalue weighted by Crippen LogP contribution is -2.31. The van der Waals surface area contributed by atoms with Crippen molar-refractivity contribution in [1.29, 1.82) is 0 Å². The van der Waals surface area contributed by atoms with Crippen LogP contribution in [0.2, 0.25) is 0 Å². The molecular formula is C16H18N4O3. The molecule has 0 saturated carbocycles. The maximum absolute atomic E-state index is 12.6. The molecule has 7 heteroatoms. The van der Waals surface area contributed by atoms with E-state index in [0.717, 1.165) is 19.4 Å². The predicted molar refractivity (Wildman–Crippen MR) is 81.5 cm³/mol. The number of rotatable bonds is 3. The molecule has 4 rings (SSSR count). The van der Waals surface area contributed by atoms with Crippen molar-refractivity contribution in [1.82, 2.24) is 19.7 Å². The van der Waals surface area contributed by atoms with E-state index in [-0.39, 0.29) is 12.0 Å². The number of carbonyl (C=O) groups excluding carboxylic acids is 1. The average Bonchev–Trinajstić information content (AvgIpc) is 3.21. The van der Waals surface area contributed by atoms with Gasteiger partial charge in [0.05, 0.1) is 13.2 Å². The molecule has 0 bridgehead atoms. The molecule has 23 heavy (non-hydrogen) atoms. The number of ether oxygens (including phenoxy) is 2. The highest BCUT2D eigenvalue weighted by atomic mass is 16.5. The first-order valence-corrected chi connectivity index (χ1v) is 7.87. The van der Waals surface area contributed by atoms with Crippen LogP contribution in [0.1, 0.15) is 23.3 Å². The van der Waals surface area contributed by atoms with E-state index >= 15 is 0 Å². The Bertz CT molecular complexity index is 677. The summed E-state index contributed by atoms with van der Waals surface area (Å²) in [6, 6.07) is 7.29. The largest absolute Gasteiger partial charge is 0.478 e. The van der Waals surface area contributed by atoms with Gasteiger partial charge in [-0.2, -0.15) is 5.10 Å². The van der Waals surface area contributed by atoms with E-state index in [2.05, 4.69) is 10.1 Å². The summed E-state index contributed by atoms with van der Waals surface area (Å²) in [4.78, 5) is 18.5. The van der Waals surface area contributed by atoms with Crippen molar-refractivity contribution in [3.63, 3.8) is 0 Å². The van der Waals surface area contributed by atoms with Gasteiger partial charge in [-0.25, -0.2) is 9.67 Å². The van der Waals surface area contributed by atoms with Gasteiger partial charge in [-0.15, -0.1) is 0 Å². The number of fused-ring (bicyclic) bond motifs is 1. The molecule has 2 aromatic rings. The van der Waals surface area contributed by atoms with E-state index in [1.54, 1.807) is 21.8 Å². The second kappa shape index (κ2) is 5.91. The van der Waals surface area contributed by atoms with E-state index < -0.39 is 0 Å². The fraction of sp³-hybridized carbons (Fsp3) is 0.438. The van der Waals surface area contributed by atoms with Crippen LogP contribution in [0.5, 0.6) is 11.8 Å². The molecule has 120 valence electrons. The second-order valence-corrected chi connectivity index (χ2v) is 5.74. The summed E-state index contributed by atoms with van der Waals surface area (Å²) in [7, 11) is 0. The van der Waals surface area contributed by atoms with Crippen molar-refractivity contribution >= 4 is 5.91 Å². The van der Waals surface area contributed by atoms with Gasteiger partial charge in [0.1, 0.15) is 6.10 Å². The minimum Gasteiger partial charge on any atom is -0.478 e. The molecule has 1 fully saturated rings. The van der Waals surface area contributed by atoms with Gasteiger partial charge in [-0.1, -0.05) is 6.07 Å². The van der Waals surface area contributed by atoms with Crippen LogP contribution in [0.3, 0.4) is 0 Å². The lowest BCUT2D eigenvalue weighted by molar-refractivity contribution is 0.0764. The molecule has 0 N–H and O–H groups in total. The van der Waals surface area contributed by atoms with Crippen molar-refractivity contribution in [2.45, 2.75) is 25.5 Å². The summed E-state index contributed by atoms with van der Waals surface area (Å²) >= 11 is 0. The highest BCUT2D eigenvalue weighted by Crippen LogP contribution is 2.22.